The van der Waals surface area contributed by atoms with Crippen LogP contribution in [0.3, 0.4) is 0 Å². The van der Waals surface area contributed by atoms with Crippen molar-refractivity contribution in [3.05, 3.63) is 0 Å². The van der Waals surface area contributed by atoms with Crippen LogP contribution in [0.1, 0.15) is 0 Å². The first-order chi connectivity index (χ1) is 15.7. The minimum absolute atomic E-state index is 0.611. The van der Waals surface area contributed by atoms with Crippen molar-refractivity contribution in [2.24, 2.45) is 0 Å². The summed E-state index contributed by atoms with van der Waals surface area (Å²) < 4.78 is 42.3. The Bertz CT molecular complexity index is 702. The van der Waals surface area contributed by atoms with Crippen LogP contribution in [-0.2, 0) is 24.7 Å². The van der Waals surface area contributed by atoms with Gasteiger partial charge in [0.15, 0.2) is 0 Å². The van der Waals surface area contributed by atoms with Gasteiger partial charge in [-0.15, -0.1) is 0 Å². The Labute approximate surface area is 233 Å². The van der Waals surface area contributed by atoms with Crippen LogP contribution in [0, 0.1) is 0 Å². The summed E-state index contributed by atoms with van der Waals surface area (Å²) in [7, 11) is -17.0. The molecule has 0 bridgehead atoms. The summed E-state index contributed by atoms with van der Waals surface area (Å²) >= 11 is 0. The van der Waals surface area contributed by atoms with Gasteiger partial charge in [-0.2, -0.15) is 0 Å². The number of hydrogen-bond donors (Lipinski definition) is 0. The van der Waals surface area contributed by atoms with Crippen LogP contribution in [-0.4, -0.2) is 80.7 Å². The third kappa shape index (κ3) is 9.36. The van der Waals surface area contributed by atoms with Gasteiger partial charge in [0, 0.05) is 0 Å². The van der Waals surface area contributed by atoms with Crippen molar-refractivity contribution in [2.75, 3.05) is 0 Å². The Morgan fingerprint density at radius 3 is 0.972 bits per heavy atom. The number of rotatable bonds is 9. The molecular formula is C20H56NO6Si9. The largest absolute Gasteiger partial charge is 0.416 e. The fourth-order valence-electron chi connectivity index (χ4n) is 6.91. The van der Waals surface area contributed by atoms with Gasteiger partial charge in [0.05, 0.1) is 0 Å². The third-order valence-corrected chi connectivity index (χ3v) is 49.0. The molecule has 0 spiro atoms. The smallest absolute Gasteiger partial charge is 0.317 e. The summed E-state index contributed by atoms with van der Waals surface area (Å²) in [4.78, 5) is 0. The third-order valence-electron chi connectivity index (χ3n) is 6.87. The minimum atomic E-state index is -2.25. The van der Waals surface area contributed by atoms with Gasteiger partial charge in [0.2, 0.25) is 0 Å². The van der Waals surface area contributed by atoms with Gasteiger partial charge >= 0.3 is 51.4 Å². The molecule has 2 rings (SSSR count). The molecule has 0 N–H and O–H groups in total. The first-order valence-corrected chi connectivity index (χ1v) is 38.6. The molecule has 0 aromatic heterocycles. The highest BCUT2D eigenvalue weighted by Gasteiger charge is 2.55. The second-order valence-corrected chi connectivity index (χ2v) is 48.8. The fraction of sp³-hybridized carbons (Fsp3) is 1.00. The molecule has 2 heterocycles. The molecule has 16 heteroatoms. The first-order valence-electron chi connectivity index (χ1n) is 13.5. The molecule has 36 heavy (non-hydrogen) atoms. The molecule has 0 aromatic rings. The molecule has 0 aliphatic carbocycles. The molecule has 0 aromatic carbocycles. The summed E-state index contributed by atoms with van der Waals surface area (Å²) in [5.41, 5.74) is 0. The highest BCUT2D eigenvalue weighted by Crippen LogP contribution is 2.39. The fourth-order valence-corrected chi connectivity index (χ4v) is 64.5. The Morgan fingerprint density at radius 1 is 0.500 bits per heavy atom. The van der Waals surface area contributed by atoms with E-state index in [9.17, 15) is 0 Å². The van der Waals surface area contributed by atoms with Crippen molar-refractivity contribution in [3.8, 4) is 0 Å². The van der Waals surface area contributed by atoms with Gasteiger partial charge in [-0.3, -0.25) is 0 Å². The lowest BCUT2D eigenvalue weighted by atomic mass is 10.9. The molecule has 0 saturated carbocycles. The molecule has 2 aliphatic heterocycles. The maximum Gasteiger partial charge on any atom is 0.317 e. The summed E-state index contributed by atoms with van der Waals surface area (Å²) in [5.74, 6) is 0. The van der Waals surface area contributed by atoms with E-state index >= 15 is 0 Å². The zero-order valence-corrected chi connectivity index (χ0v) is 35.2. The summed E-state index contributed by atoms with van der Waals surface area (Å²) in [5, 5.41) is 0. The van der Waals surface area contributed by atoms with Crippen LogP contribution >= 0.6 is 0 Å². The average molecular weight is 659 g/mol. The highest BCUT2D eigenvalue weighted by atomic mass is 28.5. The van der Waals surface area contributed by atoms with Crippen LogP contribution in [0.15, 0.2) is 0 Å². The highest BCUT2D eigenvalue weighted by molar-refractivity contribution is 7.01. The van der Waals surface area contributed by atoms with Crippen LogP contribution in [0.2, 0.25) is 129 Å². The maximum absolute atomic E-state index is 6.66. The lowest BCUT2D eigenvalue weighted by Crippen LogP contribution is -2.69. The van der Waals surface area contributed by atoms with Crippen LogP contribution < -0.4 is 0 Å². The van der Waals surface area contributed by atoms with E-state index in [1.807, 2.05) is 0 Å². The normalized spacial score (nSPS) is 26.8. The molecule has 2 aliphatic rings. The van der Waals surface area contributed by atoms with Crippen molar-refractivity contribution in [2.45, 2.75) is 129 Å². The van der Waals surface area contributed by atoms with Gasteiger partial charge in [-0.1, -0.05) is 39.3 Å². The standard InChI is InChI=1S/C20H56NO6Si9/c1-28(2)21(29(3,4)17-19-35(15)24-31(7,8)22-32(9,10)25-35)30(5,6)18-20-36(16)26-33(11,12)23-34(13,14)27-36/h17-20H2,1-16H3. The van der Waals surface area contributed by atoms with Gasteiger partial charge in [-0.25, -0.2) is 0 Å². The quantitative estimate of drug-likeness (QED) is 0.247. The Balaban J connectivity index is 2.18. The molecule has 0 unspecified atom stereocenters. The van der Waals surface area contributed by atoms with Crippen LogP contribution in [0.5, 0.6) is 0 Å². The zero-order valence-electron chi connectivity index (χ0n) is 26.2. The Morgan fingerprint density at radius 2 is 0.750 bits per heavy atom. The lowest BCUT2D eigenvalue weighted by Gasteiger charge is -2.53. The Hall–Kier alpha value is 1.67. The number of nitrogens with zero attached hydrogens (tertiary/aromatic N) is 1. The molecule has 7 nitrogen and oxygen atoms in total. The van der Waals surface area contributed by atoms with Crippen molar-refractivity contribution >= 4 is 76.8 Å². The van der Waals surface area contributed by atoms with Gasteiger partial charge in [0.1, 0.15) is 25.4 Å². The lowest BCUT2D eigenvalue weighted by molar-refractivity contribution is 0.231. The summed E-state index contributed by atoms with van der Waals surface area (Å²) in [6, 6.07) is 4.61. The van der Waals surface area contributed by atoms with Gasteiger partial charge < -0.3 is 28.6 Å². The monoisotopic (exact) mass is 658 g/mol. The predicted octanol–water partition coefficient (Wildman–Crippen LogP) is 7.03. The molecular weight excluding hydrogens is 603 g/mol. The van der Waals surface area contributed by atoms with E-state index in [0.29, 0.717) is 0 Å². The van der Waals surface area contributed by atoms with E-state index < -0.39 is 76.8 Å². The molecule has 0 atom stereocenters. The summed E-state index contributed by atoms with van der Waals surface area (Å²) in [6.07, 6.45) is 0. The maximum atomic E-state index is 6.66. The predicted molar refractivity (Wildman–Crippen MR) is 173 cm³/mol. The molecule has 2 saturated heterocycles. The van der Waals surface area contributed by atoms with Crippen LogP contribution in [0.25, 0.3) is 0 Å². The molecule has 1 radical (unpaired) electrons. The van der Waals surface area contributed by atoms with Crippen LogP contribution in [0.4, 0.5) is 0 Å². The van der Waals surface area contributed by atoms with E-state index in [1.165, 1.54) is 12.1 Å². The van der Waals surface area contributed by atoms with Crippen molar-refractivity contribution < 1.29 is 24.7 Å². The van der Waals surface area contributed by atoms with Crippen molar-refractivity contribution in [1.29, 1.82) is 0 Å². The van der Waals surface area contributed by atoms with Gasteiger partial charge in [0.25, 0.3) is 0 Å². The van der Waals surface area contributed by atoms with Crippen molar-refractivity contribution in [3.63, 3.8) is 0 Å². The second kappa shape index (κ2) is 10.8. The van der Waals surface area contributed by atoms with Crippen molar-refractivity contribution in [1.82, 2.24) is 3.90 Å². The second-order valence-electron chi connectivity index (χ2n) is 14.4. The average Bonchev–Trinajstić information content (AvgIpc) is 2.51. The van der Waals surface area contributed by atoms with E-state index in [4.69, 9.17) is 24.7 Å². The van der Waals surface area contributed by atoms with E-state index in [2.05, 4.69) is 109 Å². The van der Waals surface area contributed by atoms with E-state index in [0.717, 1.165) is 12.1 Å². The van der Waals surface area contributed by atoms with Gasteiger partial charge in [-0.05, 0) is 89.6 Å². The van der Waals surface area contributed by atoms with E-state index in [1.54, 1.807) is 0 Å². The SMILES string of the molecule is C[Si](C)N([Si](C)(C)CC[Si]1(C)O[Si](C)(C)O[Si](C)(C)O1)[Si](C)(C)CC[Si]1(C)O[Si](C)(C)O[Si](C)(C)O1. The zero-order chi connectivity index (χ0) is 28.2. The topological polar surface area (TPSA) is 58.6 Å². The number of hydrogen-bond acceptors (Lipinski definition) is 7. The Kier molecular flexibility index (Phi) is 10.2. The molecule has 213 valence electrons. The first kappa shape index (κ1) is 33.9. The van der Waals surface area contributed by atoms with E-state index in [-0.39, 0.29) is 0 Å². The minimum Gasteiger partial charge on any atom is -0.416 e. The molecule has 0 amide bonds. The molecule has 2 fully saturated rings. The summed E-state index contributed by atoms with van der Waals surface area (Å²) in [6.45, 7) is 37.5.